The summed E-state index contributed by atoms with van der Waals surface area (Å²) in [6.07, 6.45) is 0.819. The van der Waals surface area contributed by atoms with Crippen molar-refractivity contribution in [1.82, 2.24) is 0 Å². The maximum absolute atomic E-state index is 10.8. The Morgan fingerprint density at radius 1 is 1.57 bits per heavy atom. The van der Waals surface area contributed by atoms with Crippen LogP contribution in [0.5, 0.6) is 0 Å². The Kier molecular flexibility index (Phi) is 3.17. The van der Waals surface area contributed by atoms with E-state index in [9.17, 15) is 9.70 Å². The molecule has 0 saturated carbocycles. The van der Waals surface area contributed by atoms with Crippen molar-refractivity contribution < 1.29 is 4.79 Å². The van der Waals surface area contributed by atoms with Crippen LogP contribution in [0.1, 0.15) is 12.5 Å². The minimum absolute atomic E-state index is 0.395. The van der Waals surface area contributed by atoms with Gasteiger partial charge in [0.05, 0.1) is 11.0 Å². The van der Waals surface area contributed by atoms with Gasteiger partial charge in [-0.1, -0.05) is 19.1 Å². The lowest BCUT2D eigenvalue weighted by Crippen LogP contribution is -2.30. The van der Waals surface area contributed by atoms with Gasteiger partial charge >= 0.3 is 6.03 Å². The smallest absolute Gasteiger partial charge is 0.342 e. The quantitative estimate of drug-likeness (QED) is 0.587. The van der Waals surface area contributed by atoms with Gasteiger partial charge in [-0.05, 0) is 24.1 Å². The second kappa shape index (κ2) is 4.36. The topological polar surface area (TPSA) is 75.8 Å². The van der Waals surface area contributed by atoms with Crippen LogP contribution in [-0.2, 0) is 6.42 Å². The molecule has 1 rings (SSSR count). The summed E-state index contributed by atoms with van der Waals surface area (Å²) in [5.41, 5.74) is 6.37. The van der Waals surface area contributed by atoms with E-state index in [1.54, 1.807) is 18.2 Å². The van der Waals surface area contributed by atoms with Crippen molar-refractivity contribution in [2.45, 2.75) is 13.3 Å². The molecule has 0 spiro atoms. The summed E-state index contributed by atoms with van der Waals surface area (Å²) in [6, 6.07) is 6.06. The summed E-state index contributed by atoms with van der Waals surface area (Å²) < 4.78 is 0. The zero-order valence-electron chi connectivity index (χ0n) is 7.80. The van der Waals surface area contributed by atoms with Crippen molar-refractivity contribution in [3.63, 3.8) is 0 Å². The van der Waals surface area contributed by atoms with Gasteiger partial charge in [-0.15, -0.1) is 9.92 Å². The van der Waals surface area contributed by atoms with Gasteiger partial charge < -0.3 is 5.73 Å². The number of amides is 2. The standard InChI is InChI=1S/C9H11N3O2/c1-2-7-4-3-5-8(6-7)12(11-14)9(10)13/h3-6H,2H2,1H3,(H2,10,13). The van der Waals surface area contributed by atoms with Crippen molar-refractivity contribution in [2.24, 2.45) is 11.0 Å². The average molecular weight is 193 g/mol. The highest BCUT2D eigenvalue weighted by Gasteiger charge is 2.12. The van der Waals surface area contributed by atoms with Crippen LogP contribution >= 0.6 is 0 Å². The lowest BCUT2D eigenvalue weighted by Gasteiger charge is -2.10. The van der Waals surface area contributed by atoms with Gasteiger partial charge in [0, 0.05) is 0 Å². The number of hydrogen-bond acceptors (Lipinski definition) is 3. The molecular weight excluding hydrogens is 182 g/mol. The fourth-order valence-electron chi connectivity index (χ4n) is 1.12. The van der Waals surface area contributed by atoms with E-state index in [0.29, 0.717) is 10.7 Å². The molecule has 1 aromatic rings. The van der Waals surface area contributed by atoms with Crippen LogP contribution in [0.3, 0.4) is 0 Å². The van der Waals surface area contributed by atoms with Gasteiger partial charge in [0.1, 0.15) is 0 Å². The van der Waals surface area contributed by atoms with E-state index < -0.39 is 6.03 Å². The van der Waals surface area contributed by atoms with Crippen molar-refractivity contribution in [3.8, 4) is 0 Å². The second-order valence-electron chi connectivity index (χ2n) is 2.76. The molecule has 5 nitrogen and oxygen atoms in total. The number of nitrogens with two attached hydrogens (primary N) is 1. The molecule has 0 aliphatic heterocycles. The van der Waals surface area contributed by atoms with Gasteiger partial charge in [0.25, 0.3) is 0 Å². The third kappa shape index (κ3) is 2.07. The predicted molar refractivity (Wildman–Crippen MR) is 53.7 cm³/mol. The number of nitroso groups, excluding NO2 is 1. The zero-order valence-corrected chi connectivity index (χ0v) is 7.80. The molecule has 0 radical (unpaired) electrons. The Morgan fingerprint density at radius 3 is 2.79 bits per heavy atom. The van der Waals surface area contributed by atoms with Crippen LogP contribution in [0.15, 0.2) is 29.6 Å². The predicted octanol–water partition coefficient (Wildman–Crippen LogP) is 1.82. The number of urea groups is 1. The Bertz CT molecular complexity index is 352. The lowest BCUT2D eigenvalue weighted by atomic mass is 10.1. The Labute approximate surface area is 81.5 Å². The van der Waals surface area contributed by atoms with E-state index >= 15 is 0 Å². The molecule has 0 aliphatic rings. The maximum atomic E-state index is 10.8. The molecule has 1 aromatic carbocycles. The number of carbonyl (C=O) groups excluding carboxylic acids is 1. The molecule has 2 N–H and O–H groups in total. The highest BCUT2D eigenvalue weighted by molar-refractivity contribution is 5.89. The molecule has 14 heavy (non-hydrogen) atoms. The van der Waals surface area contributed by atoms with E-state index in [1.165, 1.54) is 0 Å². The summed E-state index contributed by atoms with van der Waals surface area (Å²) in [6.45, 7) is 1.97. The zero-order chi connectivity index (χ0) is 10.6. The molecule has 0 aliphatic carbocycles. The molecule has 0 saturated heterocycles. The molecule has 0 heterocycles. The summed E-state index contributed by atoms with van der Waals surface area (Å²) in [4.78, 5) is 21.1. The first-order chi connectivity index (χ1) is 6.69. The molecule has 0 aromatic heterocycles. The summed E-state index contributed by atoms with van der Waals surface area (Å²) in [5.74, 6) is 0. The number of carbonyl (C=O) groups is 1. The number of rotatable bonds is 3. The summed E-state index contributed by atoms with van der Waals surface area (Å²) >= 11 is 0. The van der Waals surface area contributed by atoms with E-state index in [2.05, 4.69) is 5.29 Å². The van der Waals surface area contributed by atoms with E-state index in [1.807, 2.05) is 13.0 Å². The van der Waals surface area contributed by atoms with E-state index in [-0.39, 0.29) is 0 Å². The van der Waals surface area contributed by atoms with Crippen molar-refractivity contribution in [2.75, 3.05) is 5.01 Å². The number of primary amides is 1. The van der Waals surface area contributed by atoms with E-state index in [4.69, 9.17) is 5.73 Å². The fraction of sp³-hybridized carbons (Fsp3) is 0.222. The van der Waals surface area contributed by atoms with Crippen LogP contribution in [0.2, 0.25) is 0 Å². The molecule has 0 atom stereocenters. The first-order valence-electron chi connectivity index (χ1n) is 4.20. The van der Waals surface area contributed by atoms with Crippen LogP contribution < -0.4 is 10.7 Å². The first kappa shape index (κ1) is 10.2. The van der Waals surface area contributed by atoms with Crippen LogP contribution in [-0.4, -0.2) is 6.03 Å². The van der Waals surface area contributed by atoms with Gasteiger partial charge in [0.15, 0.2) is 0 Å². The number of aryl methyl sites for hydroxylation is 1. The molecule has 2 amide bonds. The lowest BCUT2D eigenvalue weighted by molar-refractivity contribution is 0.254. The summed E-state index contributed by atoms with van der Waals surface area (Å²) in [5, 5.41) is 3.17. The van der Waals surface area contributed by atoms with Crippen molar-refractivity contribution >= 4 is 11.7 Å². The second-order valence-corrected chi connectivity index (χ2v) is 2.76. The van der Waals surface area contributed by atoms with Crippen LogP contribution in [0.25, 0.3) is 0 Å². The average Bonchev–Trinajstić information content (AvgIpc) is 2.19. The molecule has 74 valence electrons. The number of anilines is 1. The molecule has 0 fully saturated rings. The monoisotopic (exact) mass is 193 g/mol. The third-order valence-corrected chi connectivity index (χ3v) is 1.85. The SMILES string of the molecule is CCc1cccc(N(N=O)C(N)=O)c1. The van der Waals surface area contributed by atoms with Crippen molar-refractivity contribution in [1.29, 1.82) is 0 Å². The molecule has 0 bridgehead atoms. The normalized spacial score (nSPS) is 9.50. The van der Waals surface area contributed by atoms with Crippen LogP contribution in [0.4, 0.5) is 10.5 Å². The molecule has 0 unspecified atom stereocenters. The minimum Gasteiger partial charge on any atom is -0.350 e. The number of nitrogens with zero attached hydrogens (tertiary/aromatic N) is 2. The van der Waals surface area contributed by atoms with Gasteiger partial charge in [-0.25, -0.2) is 4.79 Å². The Balaban J connectivity index is 3.04. The van der Waals surface area contributed by atoms with Gasteiger partial charge in [0.2, 0.25) is 0 Å². The van der Waals surface area contributed by atoms with Crippen molar-refractivity contribution in [3.05, 3.63) is 34.7 Å². The molecular formula is C9H11N3O2. The highest BCUT2D eigenvalue weighted by atomic mass is 16.3. The highest BCUT2D eigenvalue weighted by Crippen LogP contribution is 2.16. The Morgan fingerprint density at radius 2 is 2.29 bits per heavy atom. The third-order valence-electron chi connectivity index (χ3n) is 1.85. The minimum atomic E-state index is -0.881. The number of benzene rings is 1. The maximum Gasteiger partial charge on any atom is 0.342 e. The van der Waals surface area contributed by atoms with Gasteiger partial charge in [-0.2, -0.15) is 0 Å². The largest absolute Gasteiger partial charge is 0.350 e. The van der Waals surface area contributed by atoms with Gasteiger partial charge in [-0.3, -0.25) is 0 Å². The van der Waals surface area contributed by atoms with E-state index in [0.717, 1.165) is 12.0 Å². The summed E-state index contributed by atoms with van der Waals surface area (Å²) in [7, 11) is 0. The molecule has 5 heteroatoms. The van der Waals surface area contributed by atoms with Crippen LogP contribution in [0, 0.1) is 4.91 Å². The fourth-order valence-corrected chi connectivity index (χ4v) is 1.12. The Hall–Kier alpha value is -1.91. The number of hydrogen-bond donors (Lipinski definition) is 1. The first-order valence-corrected chi connectivity index (χ1v) is 4.20.